The molecule has 2 atom stereocenters. The number of nitrogens with one attached hydrogen (secondary N) is 2. The second-order valence-corrected chi connectivity index (χ2v) is 7.05. The van der Waals surface area contributed by atoms with E-state index in [1.807, 2.05) is 0 Å². The number of benzene rings is 1. The van der Waals surface area contributed by atoms with Crippen molar-refractivity contribution < 1.29 is 9.18 Å². The van der Waals surface area contributed by atoms with E-state index in [1.54, 1.807) is 12.1 Å². The van der Waals surface area contributed by atoms with Gasteiger partial charge in [0.2, 0.25) is 0 Å². The number of carbonyl (C=O) groups excluding carboxylic acids is 1. The Hall–Kier alpha value is -1.66. The van der Waals surface area contributed by atoms with Gasteiger partial charge in [-0.3, -0.25) is 4.79 Å². The molecule has 6 heteroatoms. The van der Waals surface area contributed by atoms with E-state index in [-0.39, 0.29) is 23.8 Å². The molecule has 2 N–H and O–H groups in total. The molecule has 1 aromatic rings. The molecule has 2 unspecified atom stereocenters. The zero-order chi connectivity index (χ0) is 17.8. The minimum Gasteiger partial charge on any atom is -0.367 e. The van der Waals surface area contributed by atoms with Crippen molar-refractivity contribution in [2.45, 2.75) is 38.8 Å². The number of piperidine rings is 1. The molecule has 2 aliphatic heterocycles. The van der Waals surface area contributed by atoms with Gasteiger partial charge in [-0.1, -0.05) is 6.92 Å². The quantitative estimate of drug-likeness (QED) is 0.872. The number of hydrogen-bond donors (Lipinski definition) is 2. The molecule has 0 spiro atoms. The first kappa shape index (κ1) is 18.1. The van der Waals surface area contributed by atoms with Crippen LogP contribution in [0, 0.1) is 5.82 Å². The summed E-state index contributed by atoms with van der Waals surface area (Å²) in [6.07, 6.45) is 2.01. The van der Waals surface area contributed by atoms with Crippen LogP contribution in [0.3, 0.4) is 0 Å². The Labute approximate surface area is 149 Å². The molecule has 0 aliphatic carbocycles. The van der Waals surface area contributed by atoms with Crippen LogP contribution < -0.4 is 15.5 Å². The number of piperazine rings is 1. The molecule has 138 valence electrons. The van der Waals surface area contributed by atoms with Gasteiger partial charge in [0.1, 0.15) is 5.82 Å². The van der Waals surface area contributed by atoms with Crippen LogP contribution in [0.4, 0.5) is 10.1 Å². The summed E-state index contributed by atoms with van der Waals surface area (Å²) in [5, 5.41) is 6.40. The number of amides is 1. The highest BCUT2D eigenvalue weighted by Gasteiger charge is 2.24. The predicted molar refractivity (Wildman–Crippen MR) is 98.7 cm³/mol. The highest BCUT2D eigenvalue weighted by molar-refractivity contribution is 5.94. The van der Waals surface area contributed by atoms with Crippen molar-refractivity contribution in [2.75, 3.05) is 44.2 Å². The van der Waals surface area contributed by atoms with Crippen molar-refractivity contribution in [1.82, 2.24) is 15.5 Å². The summed E-state index contributed by atoms with van der Waals surface area (Å²) in [6.45, 7) is 9.78. The zero-order valence-corrected chi connectivity index (χ0v) is 15.2. The summed E-state index contributed by atoms with van der Waals surface area (Å²) in [5.74, 6) is -0.505. The predicted octanol–water partition coefficient (Wildman–Crippen LogP) is 1.84. The molecule has 0 bridgehead atoms. The summed E-state index contributed by atoms with van der Waals surface area (Å²) in [5.41, 5.74) is 0.992. The van der Waals surface area contributed by atoms with Gasteiger partial charge in [0.25, 0.3) is 5.91 Å². The highest BCUT2D eigenvalue weighted by Crippen LogP contribution is 2.22. The van der Waals surface area contributed by atoms with Gasteiger partial charge in [0.05, 0.1) is 5.69 Å². The fourth-order valence-corrected chi connectivity index (χ4v) is 3.70. The van der Waals surface area contributed by atoms with Gasteiger partial charge in [-0.15, -0.1) is 0 Å². The third kappa shape index (κ3) is 4.30. The van der Waals surface area contributed by atoms with E-state index in [9.17, 15) is 9.18 Å². The number of carbonyl (C=O) groups is 1. The van der Waals surface area contributed by atoms with Crippen molar-refractivity contribution in [3.63, 3.8) is 0 Å². The number of hydrogen-bond acceptors (Lipinski definition) is 4. The first-order valence-electron chi connectivity index (χ1n) is 9.39. The number of nitrogens with zero attached hydrogens (tertiary/aromatic N) is 2. The lowest BCUT2D eigenvalue weighted by Gasteiger charge is -2.35. The molecule has 5 nitrogen and oxygen atoms in total. The van der Waals surface area contributed by atoms with E-state index in [4.69, 9.17) is 0 Å². The molecule has 0 radical (unpaired) electrons. The number of halogens is 1. The fraction of sp³-hybridized carbons (Fsp3) is 0.632. The number of anilines is 1. The van der Waals surface area contributed by atoms with Gasteiger partial charge < -0.3 is 20.4 Å². The normalized spacial score (nSPS) is 25.0. The van der Waals surface area contributed by atoms with Crippen molar-refractivity contribution in [3.8, 4) is 0 Å². The Kier molecular flexibility index (Phi) is 5.91. The third-order valence-corrected chi connectivity index (χ3v) is 5.45. The van der Waals surface area contributed by atoms with E-state index in [2.05, 4.69) is 34.3 Å². The Morgan fingerprint density at radius 3 is 2.72 bits per heavy atom. The lowest BCUT2D eigenvalue weighted by Crippen LogP contribution is -2.51. The molecular weight excluding hydrogens is 319 g/mol. The Morgan fingerprint density at radius 2 is 2.08 bits per heavy atom. The second kappa shape index (κ2) is 8.15. The second-order valence-electron chi connectivity index (χ2n) is 7.05. The average Bonchev–Trinajstić information content (AvgIpc) is 2.63. The van der Waals surface area contributed by atoms with E-state index < -0.39 is 0 Å². The van der Waals surface area contributed by atoms with E-state index in [0.29, 0.717) is 11.3 Å². The zero-order valence-electron chi connectivity index (χ0n) is 15.2. The lowest BCUT2D eigenvalue weighted by molar-refractivity contribution is 0.0919. The molecule has 0 aromatic heterocycles. The monoisotopic (exact) mass is 348 g/mol. The van der Waals surface area contributed by atoms with Gasteiger partial charge >= 0.3 is 0 Å². The van der Waals surface area contributed by atoms with Crippen LogP contribution in [0.1, 0.15) is 37.0 Å². The SMILES string of the molecule is CCN1CCN(c2ccc(C(=O)NC3CCCNC3C)cc2F)CC1. The van der Waals surface area contributed by atoms with Crippen LogP contribution in [-0.2, 0) is 0 Å². The van der Waals surface area contributed by atoms with Crippen LogP contribution in [0.2, 0.25) is 0 Å². The maximum Gasteiger partial charge on any atom is 0.251 e. The van der Waals surface area contributed by atoms with Crippen molar-refractivity contribution in [3.05, 3.63) is 29.6 Å². The highest BCUT2D eigenvalue weighted by atomic mass is 19.1. The molecule has 0 saturated carbocycles. The summed E-state index contributed by atoms with van der Waals surface area (Å²) in [7, 11) is 0. The summed E-state index contributed by atoms with van der Waals surface area (Å²) < 4.78 is 14.6. The maximum atomic E-state index is 14.6. The van der Waals surface area contributed by atoms with Gasteiger partial charge in [-0.2, -0.15) is 0 Å². The van der Waals surface area contributed by atoms with E-state index in [1.165, 1.54) is 6.07 Å². The molecule has 2 fully saturated rings. The van der Waals surface area contributed by atoms with Crippen molar-refractivity contribution >= 4 is 11.6 Å². The first-order valence-corrected chi connectivity index (χ1v) is 9.39. The van der Waals surface area contributed by atoms with Gasteiger partial charge in [-0.05, 0) is 51.1 Å². The average molecular weight is 348 g/mol. The Bertz CT molecular complexity index is 601. The summed E-state index contributed by atoms with van der Waals surface area (Å²) in [4.78, 5) is 16.9. The lowest BCUT2D eigenvalue weighted by atomic mass is 9.99. The number of likely N-dealkylation sites (N-methyl/N-ethyl adjacent to an activating group) is 1. The molecule has 2 saturated heterocycles. The smallest absolute Gasteiger partial charge is 0.251 e. The molecule has 25 heavy (non-hydrogen) atoms. The van der Waals surface area contributed by atoms with Crippen LogP contribution >= 0.6 is 0 Å². The molecular formula is C19H29FN4O. The van der Waals surface area contributed by atoms with E-state index >= 15 is 0 Å². The molecule has 2 heterocycles. The third-order valence-electron chi connectivity index (χ3n) is 5.45. The summed E-state index contributed by atoms with van der Waals surface area (Å²) >= 11 is 0. The minimum absolute atomic E-state index is 0.103. The van der Waals surface area contributed by atoms with Crippen molar-refractivity contribution in [2.24, 2.45) is 0 Å². The molecule has 1 aromatic carbocycles. The molecule has 1 amide bonds. The standard InChI is InChI=1S/C19H29FN4O/c1-3-23-9-11-24(12-10-23)18-7-6-15(13-16(18)20)19(25)22-17-5-4-8-21-14(17)2/h6-7,13-14,17,21H,3-5,8-12H2,1-2H3,(H,22,25). The number of rotatable bonds is 4. The van der Waals surface area contributed by atoms with Gasteiger partial charge in [0, 0.05) is 43.8 Å². The fourth-order valence-electron chi connectivity index (χ4n) is 3.70. The van der Waals surface area contributed by atoms with Crippen LogP contribution in [0.15, 0.2) is 18.2 Å². The van der Waals surface area contributed by atoms with Gasteiger partial charge in [0.15, 0.2) is 0 Å². The first-order chi connectivity index (χ1) is 12.1. The maximum absolute atomic E-state index is 14.6. The van der Waals surface area contributed by atoms with Crippen LogP contribution in [0.5, 0.6) is 0 Å². The molecule has 3 rings (SSSR count). The Morgan fingerprint density at radius 1 is 1.32 bits per heavy atom. The largest absolute Gasteiger partial charge is 0.367 e. The molecule has 2 aliphatic rings. The topological polar surface area (TPSA) is 47.6 Å². The minimum atomic E-state index is -0.313. The Balaban J connectivity index is 1.64. The van der Waals surface area contributed by atoms with Gasteiger partial charge in [-0.25, -0.2) is 4.39 Å². The van der Waals surface area contributed by atoms with Crippen molar-refractivity contribution in [1.29, 1.82) is 0 Å². The van der Waals surface area contributed by atoms with Crippen LogP contribution in [0.25, 0.3) is 0 Å². The van der Waals surface area contributed by atoms with E-state index in [0.717, 1.165) is 52.1 Å². The summed E-state index contributed by atoms with van der Waals surface area (Å²) in [6, 6.07) is 5.20. The van der Waals surface area contributed by atoms with Crippen LogP contribution in [-0.4, -0.2) is 62.2 Å².